The number of halogens is 3. The van der Waals surface area contributed by atoms with Crippen molar-refractivity contribution < 1.29 is 17.9 Å². The summed E-state index contributed by atoms with van der Waals surface area (Å²) in [5, 5.41) is 0. The second-order valence-corrected chi connectivity index (χ2v) is 11.0. The molecule has 0 N–H and O–H groups in total. The highest BCUT2D eigenvalue weighted by Crippen LogP contribution is 2.54. The summed E-state index contributed by atoms with van der Waals surface area (Å²) in [6.45, 7) is 16.1. The van der Waals surface area contributed by atoms with Gasteiger partial charge in [0.05, 0.1) is 11.5 Å². The Kier molecular flexibility index (Phi) is 6.20. The van der Waals surface area contributed by atoms with Crippen LogP contribution < -0.4 is 14.5 Å². The Bertz CT molecular complexity index is 1300. The second-order valence-electron chi connectivity index (χ2n) is 11.0. The fourth-order valence-corrected chi connectivity index (χ4v) is 6.13. The number of fused-ring (bicyclic) bond motifs is 1. The fraction of sp³-hybridized carbons (Fsp3) is 0.419. The summed E-state index contributed by atoms with van der Waals surface area (Å²) in [5.41, 5.74) is 8.59. The average molecular weight is 509 g/mol. The van der Waals surface area contributed by atoms with Gasteiger partial charge in [0.25, 0.3) is 0 Å². The molecule has 3 aromatic carbocycles. The van der Waals surface area contributed by atoms with Crippen LogP contribution in [-0.4, -0.2) is 31.8 Å². The number of piperazine rings is 1. The van der Waals surface area contributed by atoms with Gasteiger partial charge < -0.3 is 14.5 Å². The average Bonchev–Trinajstić information content (AvgIpc) is 3.15. The Balaban J connectivity index is 1.45. The molecule has 2 aliphatic heterocycles. The Morgan fingerprint density at radius 1 is 0.757 bits per heavy atom. The number of benzene rings is 3. The lowest BCUT2D eigenvalue weighted by Gasteiger charge is -2.39. The van der Waals surface area contributed by atoms with Crippen LogP contribution in [0.3, 0.4) is 0 Å². The van der Waals surface area contributed by atoms with Gasteiger partial charge in [-0.15, -0.1) is 0 Å². The lowest BCUT2D eigenvalue weighted by molar-refractivity contribution is -0.137. The molecule has 2 aliphatic rings. The molecule has 2 heterocycles. The maximum Gasteiger partial charge on any atom is 0.416 e. The third-order valence-corrected chi connectivity index (χ3v) is 8.18. The van der Waals surface area contributed by atoms with Crippen LogP contribution in [0.2, 0.25) is 0 Å². The number of hydrogen-bond acceptors (Lipinski definition) is 3. The first-order valence-electron chi connectivity index (χ1n) is 12.9. The highest BCUT2D eigenvalue weighted by molar-refractivity contribution is 5.72. The monoisotopic (exact) mass is 508 g/mol. The number of rotatable bonds is 3. The van der Waals surface area contributed by atoms with E-state index in [1.807, 2.05) is 0 Å². The minimum absolute atomic E-state index is 0.134. The molecule has 0 aliphatic carbocycles. The Labute approximate surface area is 217 Å². The zero-order valence-electron chi connectivity index (χ0n) is 22.5. The molecule has 0 aromatic heterocycles. The summed E-state index contributed by atoms with van der Waals surface area (Å²) in [7, 11) is 0. The van der Waals surface area contributed by atoms with Crippen molar-refractivity contribution in [3.8, 4) is 5.75 Å². The first-order chi connectivity index (χ1) is 17.4. The number of aryl methyl sites for hydroxylation is 1. The molecule has 0 spiro atoms. The Hall–Kier alpha value is -3.15. The van der Waals surface area contributed by atoms with Gasteiger partial charge in [0.15, 0.2) is 0 Å². The summed E-state index contributed by atoms with van der Waals surface area (Å²) in [6.07, 6.45) is -4.31. The smallest absolute Gasteiger partial charge is 0.416 e. The summed E-state index contributed by atoms with van der Waals surface area (Å²) < 4.78 is 45.6. The summed E-state index contributed by atoms with van der Waals surface area (Å²) in [4.78, 5) is 4.61. The van der Waals surface area contributed by atoms with Gasteiger partial charge >= 0.3 is 6.18 Å². The number of hydrogen-bond donors (Lipinski definition) is 0. The molecule has 3 aromatic rings. The molecule has 0 radical (unpaired) electrons. The normalized spacial score (nSPS) is 19.1. The first kappa shape index (κ1) is 25.5. The largest absolute Gasteiger partial charge is 0.486 e. The van der Waals surface area contributed by atoms with Crippen molar-refractivity contribution in [1.29, 1.82) is 0 Å². The fourth-order valence-electron chi connectivity index (χ4n) is 6.13. The van der Waals surface area contributed by atoms with E-state index in [9.17, 15) is 13.2 Å². The van der Waals surface area contributed by atoms with Crippen molar-refractivity contribution >= 4 is 11.4 Å². The van der Waals surface area contributed by atoms with Crippen molar-refractivity contribution in [2.24, 2.45) is 0 Å². The first-order valence-corrected chi connectivity index (χ1v) is 12.9. The SMILES string of the molecule is Cc1ccc(C2c3c(C)c(N4CCN(c5ccc(C(F)(F)F)cc5)CC4)c(C)c(C)c3OC2(C)C)cc1. The minimum Gasteiger partial charge on any atom is -0.486 e. The molecule has 5 rings (SSSR count). The van der Waals surface area contributed by atoms with Gasteiger partial charge in [0, 0.05) is 43.1 Å². The van der Waals surface area contributed by atoms with E-state index >= 15 is 0 Å². The van der Waals surface area contributed by atoms with E-state index in [-0.39, 0.29) is 11.5 Å². The molecular weight excluding hydrogens is 473 g/mol. The van der Waals surface area contributed by atoms with E-state index in [0.29, 0.717) is 0 Å². The van der Waals surface area contributed by atoms with Crippen LogP contribution in [0, 0.1) is 27.7 Å². The zero-order chi connectivity index (χ0) is 26.7. The van der Waals surface area contributed by atoms with Crippen LogP contribution in [0.4, 0.5) is 24.5 Å². The van der Waals surface area contributed by atoms with Crippen molar-refractivity contribution in [1.82, 2.24) is 0 Å². The standard InChI is InChI=1S/C31H35F3N2O/c1-19-7-9-23(10-8-19)27-26-22(4)28(20(2)21(3)29(26)37-30(27,5)6)36-17-15-35(16-18-36)25-13-11-24(12-14-25)31(32,33)34/h7-14,27H,15-18H2,1-6H3. The molecule has 37 heavy (non-hydrogen) atoms. The zero-order valence-corrected chi connectivity index (χ0v) is 22.5. The number of ether oxygens (including phenoxy) is 1. The van der Waals surface area contributed by atoms with Crippen LogP contribution in [-0.2, 0) is 6.18 Å². The molecule has 1 saturated heterocycles. The molecular formula is C31H35F3N2O. The predicted octanol–water partition coefficient (Wildman–Crippen LogP) is 7.57. The third-order valence-electron chi connectivity index (χ3n) is 8.18. The summed E-state index contributed by atoms with van der Waals surface area (Å²) in [6, 6.07) is 14.3. The minimum atomic E-state index is -4.31. The van der Waals surface area contributed by atoms with Crippen LogP contribution in [0.25, 0.3) is 0 Å². The molecule has 0 saturated carbocycles. The van der Waals surface area contributed by atoms with Crippen LogP contribution >= 0.6 is 0 Å². The number of alkyl halides is 3. The van der Waals surface area contributed by atoms with Crippen molar-refractivity contribution in [3.63, 3.8) is 0 Å². The van der Waals surface area contributed by atoms with E-state index in [1.54, 1.807) is 12.1 Å². The van der Waals surface area contributed by atoms with E-state index in [2.05, 4.69) is 75.6 Å². The molecule has 6 heteroatoms. The molecule has 1 fully saturated rings. The Morgan fingerprint density at radius 3 is 1.89 bits per heavy atom. The molecule has 1 unspecified atom stereocenters. The summed E-state index contributed by atoms with van der Waals surface area (Å²) >= 11 is 0. The lowest BCUT2D eigenvalue weighted by Crippen LogP contribution is -2.47. The van der Waals surface area contributed by atoms with Crippen molar-refractivity contribution in [3.05, 3.63) is 87.5 Å². The maximum atomic E-state index is 13.0. The van der Waals surface area contributed by atoms with Crippen molar-refractivity contribution in [2.75, 3.05) is 36.0 Å². The van der Waals surface area contributed by atoms with Gasteiger partial charge in [0.2, 0.25) is 0 Å². The van der Waals surface area contributed by atoms with Gasteiger partial charge in [-0.2, -0.15) is 13.2 Å². The topological polar surface area (TPSA) is 15.7 Å². The van der Waals surface area contributed by atoms with E-state index in [1.165, 1.54) is 51.2 Å². The maximum absolute atomic E-state index is 13.0. The van der Waals surface area contributed by atoms with E-state index < -0.39 is 11.7 Å². The van der Waals surface area contributed by atoms with Gasteiger partial charge in [-0.3, -0.25) is 0 Å². The third kappa shape index (κ3) is 4.45. The molecule has 3 nitrogen and oxygen atoms in total. The number of nitrogens with zero attached hydrogens (tertiary/aromatic N) is 2. The quantitative estimate of drug-likeness (QED) is 0.363. The van der Waals surface area contributed by atoms with Crippen molar-refractivity contribution in [2.45, 2.75) is 59.2 Å². The Morgan fingerprint density at radius 2 is 1.32 bits per heavy atom. The predicted molar refractivity (Wildman–Crippen MR) is 144 cm³/mol. The van der Waals surface area contributed by atoms with Gasteiger partial charge in [-0.1, -0.05) is 29.8 Å². The van der Waals surface area contributed by atoms with Crippen LogP contribution in [0.1, 0.15) is 58.7 Å². The summed E-state index contributed by atoms with van der Waals surface area (Å²) in [5.74, 6) is 1.15. The van der Waals surface area contributed by atoms with Crippen LogP contribution in [0.15, 0.2) is 48.5 Å². The number of anilines is 2. The highest BCUT2D eigenvalue weighted by Gasteiger charge is 2.45. The lowest BCUT2D eigenvalue weighted by atomic mass is 9.78. The second kappa shape index (κ2) is 9.00. The van der Waals surface area contributed by atoms with E-state index in [4.69, 9.17) is 4.74 Å². The van der Waals surface area contributed by atoms with E-state index in [0.717, 1.165) is 37.6 Å². The highest BCUT2D eigenvalue weighted by atomic mass is 19.4. The van der Waals surface area contributed by atoms with Gasteiger partial charge in [-0.05, 0) is 88.1 Å². The molecule has 1 atom stereocenters. The van der Waals surface area contributed by atoms with Gasteiger partial charge in [-0.25, -0.2) is 0 Å². The molecule has 196 valence electrons. The van der Waals surface area contributed by atoms with Crippen LogP contribution in [0.5, 0.6) is 5.75 Å². The molecule has 0 amide bonds. The molecule has 0 bridgehead atoms. The van der Waals surface area contributed by atoms with Gasteiger partial charge in [0.1, 0.15) is 11.4 Å².